The molecule has 1 aromatic heterocycles. The minimum Gasteiger partial charge on any atom is -0.457 e. The monoisotopic (exact) mass is 322 g/mol. The second-order valence-corrected chi connectivity index (χ2v) is 5.55. The lowest BCUT2D eigenvalue weighted by atomic mass is 10.1. The number of hydrogen-bond acceptors (Lipinski definition) is 5. The van der Waals surface area contributed by atoms with Crippen LogP contribution >= 0.6 is 0 Å². The fourth-order valence-corrected chi connectivity index (χ4v) is 2.72. The zero-order valence-corrected chi connectivity index (χ0v) is 12.7. The van der Waals surface area contributed by atoms with E-state index in [9.17, 15) is 9.59 Å². The Kier molecular flexibility index (Phi) is 3.45. The van der Waals surface area contributed by atoms with Gasteiger partial charge in [-0.05, 0) is 30.3 Å². The molecule has 4 rings (SSSR count). The second-order valence-electron chi connectivity index (χ2n) is 5.55. The average molecular weight is 322 g/mol. The number of benzene rings is 2. The number of aromatic nitrogens is 3. The fourth-order valence-electron chi connectivity index (χ4n) is 2.72. The van der Waals surface area contributed by atoms with Crippen LogP contribution < -0.4 is 5.32 Å². The standard InChI is InChI=1S/C17H14N4O3/c22-16(7-8-21-15-4-2-1-3-14(15)19-20-21)18-12-5-6-13-11(9-12)10-24-17(13)23/h1-6,9H,7-8,10H2,(H,18,22). The van der Waals surface area contributed by atoms with Crippen molar-refractivity contribution in [1.82, 2.24) is 15.0 Å². The number of para-hydroxylation sites is 1. The maximum atomic E-state index is 12.1. The Balaban J connectivity index is 1.41. The van der Waals surface area contributed by atoms with Gasteiger partial charge in [-0.1, -0.05) is 17.3 Å². The van der Waals surface area contributed by atoms with Gasteiger partial charge in [0.1, 0.15) is 12.1 Å². The predicted octanol–water partition coefficient (Wildman–Crippen LogP) is 2.13. The summed E-state index contributed by atoms with van der Waals surface area (Å²) < 4.78 is 6.66. The highest BCUT2D eigenvalue weighted by Crippen LogP contribution is 2.23. The van der Waals surface area contributed by atoms with Gasteiger partial charge in [0, 0.05) is 17.7 Å². The number of esters is 1. The fraction of sp³-hybridized carbons (Fsp3) is 0.176. The molecule has 0 bridgehead atoms. The molecule has 0 spiro atoms. The van der Waals surface area contributed by atoms with Crippen LogP contribution in [0.1, 0.15) is 22.3 Å². The van der Waals surface area contributed by atoms with Crippen molar-refractivity contribution in [1.29, 1.82) is 0 Å². The molecule has 1 aliphatic heterocycles. The van der Waals surface area contributed by atoms with Gasteiger partial charge in [0.25, 0.3) is 0 Å². The van der Waals surface area contributed by atoms with Gasteiger partial charge >= 0.3 is 5.97 Å². The highest BCUT2D eigenvalue weighted by atomic mass is 16.5. The molecule has 7 nitrogen and oxygen atoms in total. The zero-order valence-electron chi connectivity index (χ0n) is 12.7. The molecule has 24 heavy (non-hydrogen) atoms. The molecule has 0 saturated carbocycles. The summed E-state index contributed by atoms with van der Waals surface area (Å²) in [6.45, 7) is 0.696. The summed E-state index contributed by atoms with van der Waals surface area (Å²) in [6, 6.07) is 12.8. The largest absolute Gasteiger partial charge is 0.457 e. The molecule has 0 saturated heterocycles. The highest BCUT2D eigenvalue weighted by molar-refractivity contribution is 5.95. The van der Waals surface area contributed by atoms with E-state index in [-0.39, 0.29) is 24.9 Å². The van der Waals surface area contributed by atoms with Crippen LogP contribution in [-0.2, 0) is 22.7 Å². The maximum absolute atomic E-state index is 12.1. The number of aryl methyl sites for hydroxylation is 1. The Labute approximate surface area is 137 Å². The van der Waals surface area contributed by atoms with Gasteiger partial charge in [0.15, 0.2) is 0 Å². The van der Waals surface area contributed by atoms with Gasteiger partial charge < -0.3 is 10.1 Å². The third-order valence-electron chi connectivity index (χ3n) is 3.94. The average Bonchev–Trinajstić information content (AvgIpc) is 3.17. The molecule has 2 aromatic carbocycles. The Hall–Kier alpha value is -3.22. The van der Waals surface area contributed by atoms with Crippen LogP contribution in [0.2, 0.25) is 0 Å². The van der Waals surface area contributed by atoms with E-state index in [1.807, 2.05) is 24.3 Å². The van der Waals surface area contributed by atoms with E-state index >= 15 is 0 Å². The molecule has 0 fully saturated rings. The minimum absolute atomic E-state index is 0.125. The van der Waals surface area contributed by atoms with Gasteiger partial charge in [0.2, 0.25) is 5.91 Å². The van der Waals surface area contributed by atoms with E-state index in [1.54, 1.807) is 22.9 Å². The Morgan fingerprint density at radius 1 is 1.25 bits per heavy atom. The van der Waals surface area contributed by atoms with Crippen LogP contribution in [0.15, 0.2) is 42.5 Å². The molecular weight excluding hydrogens is 308 g/mol. The summed E-state index contributed by atoms with van der Waals surface area (Å²) in [5.41, 5.74) is 3.71. The van der Waals surface area contributed by atoms with Crippen molar-refractivity contribution >= 4 is 28.6 Å². The number of rotatable bonds is 4. The molecule has 1 amide bonds. The summed E-state index contributed by atoms with van der Waals surface area (Å²) in [5.74, 6) is -0.444. The normalized spacial score (nSPS) is 12.9. The molecule has 1 aliphatic rings. The van der Waals surface area contributed by atoms with Crippen molar-refractivity contribution in [2.75, 3.05) is 5.32 Å². The van der Waals surface area contributed by atoms with E-state index < -0.39 is 0 Å². The summed E-state index contributed by atoms with van der Waals surface area (Å²) in [6.07, 6.45) is 0.278. The first-order valence-corrected chi connectivity index (χ1v) is 7.59. The van der Waals surface area contributed by atoms with Gasteiger partial charge in [-0.25, -0.2) is 9.48 Å². The maximum Gasteiger partial charge on any atom is 0.338 e. The van der Waals surface area contributed by atoms with Gasteiger partial charge in [-0.3, -0.25) is 4.79 Å². The van der Waals surface area contributed by atoms with Crippen LogP contribution in [0.3, 0.4) is 0 Å². The first-order chi connectivity index (χ1) is 11.7. The number of hydrogen-bond donors (Lipinski definition) is 1. The number of fused-ring (bicyclic) bond motifs is 2. The number of cyclic esters (lactones) is 1. The van der Waals surface area contributed by atoms with Crippen molar-refractivity contribution < 1.29 is 14.3 Å². The number of ether oxygens (including phenoxy) is 1. The van der Waals surface area contributed by atoms with Crippen LogP contribution in [0.5, 0.6) is 0 Å². The third-order valence-corrected chi connectivity index (χ3v) is 3.94. The van der Waals surface area contributed by atoms with Crippen LogP contribution in [0, 0.1) is 0 Å². The lowest BCUT2D eigenvalue weighted by Crippen LogP contribution is -2.15. The van der Waals surface area contributed by atoms with E-state index in [1.165, 1.54) is 0 Å². The van der Waals surface area contributed by atoms with E-state index in [0.29, 0.717) is 17.8 Å². The van der Waals surface area contributed by atoms with Gasteiger partial charge in [-0.2, -0.15) is 0 Å². The lowest BCUT2D eigenvalue weighted by Gasteiger charge is -2.06. The number of carbonyl (C=O) groups excluding carboxylic acids is 2. The topological polar surface area (TPSA) is 86.1 Å². The third kappa shape index (κ3) is 2.60. The number of nitrogens with zero attached hydrogens (tertiary/aromatic N) is 3. The number of amides is 1. The van der Waals surface area contributed by atoms with Crippen molar-refractivity contribution in [2.45, 2.75) is 19.6 Å². The molecule has 2 heterocycles. The predicted molar refractivity (Wildman–Crippen MR) is 86.3 cm³/mol. The number of nitrogens with one attached hydrogen (secondary N) is 1. The van der Waals surface area contributed by atoms with Crippen LogP contribution in [0.25, 0.3) is 11.0 Å². The van der Waals surface area contributed by atoms with Crippen LogP contribution in [-0.4, -0.2) is 26.9 Å². The lowest BCUT2D eigenvalue weighted by molar-refractivity contribution is -0.116. The number of anilines is 1. The van der Waals surface area contributed by atoms with Crippen molar-refractivity contribution in [3.63, 3.8) is 0 Å². The quantitative estimate of drug-likeness (QED) is 0.744. The molecule has 0 unspecified atom stereocenters. The summed E-state index contributed by atoms with van der Waals surface area (Å²) in [5, 5.41) is 11.0. The molecule has 7 heteroatoms. The highest BCUT2D eigenvalue weighted by Gasteiger charge is 2.21. The molecule has 0 radical (unpaired) electrons. The molecular formula is C17H14N4O3. The Morgan fingerprint density at radius 2 is 2.12 bits per heavy atom. The van der Waals surface area contributed by atoms with E-state index in [4.69, 9.17) is 4.74 Å². The first-order valence-electron chi connectivity index (χ1n) is 7.59. The number of carbonyl (C=O) groups is 2. The van der Waals surface area contributed by atoms with Crippen molar-refractivity contribution in [3.05, 3.63) is 53.6 Å². The Morgan fingerprint density at radius 3 is 3.04 bits per heavy atom. The van der Waals surface area contributed by atoms with E-state index in [2.05, 4.69) is 15.6 Å². The smallest absolute Gasteiger partial charge is 0.338 e. The minimum atomic E-state index is -0.319. The van der Waals surface area contributed by atoms with Gasteiger partial charge in [0.05, 0.1) is 17.6 Å². The van der Waals surface area contributed by atoms with E-state index in [0.717, 1.165) is 16.6 Å². The SMILES string of the molecule is O=C(CCn1nnc2ccccc21)Nc1ccc2c(c1)COC2=O. The van der Waals surface area contributed by atoms with Crippen LogP contribution in [0.4, 0.5) is 5.69 Å². The van der Waals surface area contributed by atoms with Gasteiger partial charge in [-0.15, -0.1) is 5.10 Å². The molecule has 0 atom stereocenters. The zero-order chi connectivity index (χ0) is 16.5. The second kappa shape index (κ2) is 5.77. The summed E-state index contributed by atoms with van der Waals surface area (Å²) in [7, 11) is 0. The first kappa shape index (κ1) is 14.4. The molecule has 3 aromatic rings. The summed E-state index contributed by atoms with van der Waals surface area (Å²) in [4.78, 5) is 23.6. The molecule has 0 aliphatic carbocycles. The van der Waals surface area contributed by atoms with Crippen molar-refractivity contribution in [3.8, 4) is 0 Å². The summed E-state index contributed by atoms with van der Waals surface area (Å²) >= 11 is 0. The molecule has 120 valence electrons. The Bertz CT molecular complexity index is 948. The molecule has 1 N–H and O–H groups in total. The van der Waals surface area contributed by atoms with Crippen molar-refractivity contribution in [2.24, 2.45) is 0 Å².